The van der Waals surface area contributed by atoms with E-state index in [9.17, 15) is 4.79 Å². The molecule has 3 aromatic rings. The van der Waals surface area contributed by atoms with Gasteiger partial charge < -0.3 is 5.32 Å². The lowest BCUT2D eigenvalue weighted by molar-refractivity contribution is -0.119. The van der Waals surface area contributed by atoms with Crippen molar-refractivity contribution in [3.05, 3.63) is 63.2 Å². The molecule has 142 valence electrons. The standard InChI is InChI=1S/C19H21Cl2N5O/c1-11-17(21)10-26(23-11)14(4)19(27)22-18-12(2)24-25(13(18)3)9-15-5-7-16(20)8-6-15/h5-8,10,14H,9H2,1-4H3,(H,22,27). The van der Waals surface area contributed by atoms with Gasteiger partial charge in [0.05, 0.1) is 34.3 Å². The molecule has 0 aliphatic heterocycles. The van der Waals surface area contributed by atoms with Gasteiger partial charge in [0, 0.05) is 11.2 Å². The zero-order valence-electron chi connectivity index (χ0n) is 15.6. The maximum atomic E-state index is 12.7. The Kier molecular flexibility index (Phi) is 5.58. The third kappa shape index (κ3) is 4.17. The monoisotopic (exact) mass is 405 g/mol. The summed E-state index contributed by atoms with van der Waals surface area (Å²) in [6, 6.07) is 7.13. The van der Waals surface area contributed by atoms with E-state index in [1.165, 1.54) is 0 Å². The first-order valence-electron chi connectivity index (χ1n) is 8.57. The second-order valence-electron chi connectivity index (χ2n) is 6.54. The van der Waals surface area contributed by atoms with E-state index in [4.69, 9.17) is 23.2 Å². The highest BCUT2D eigenvalue weighted by Gasteiger charge is 2.21. The quantitative estimate of drug-likeness (QED) is 0.676. The van der Waals surface area contributed by atoms with Crippen molar-refractivity contribution in [2.45, 2.75) is 40.3 Å². The van der Waals surface area contributed by atoms with Crippen LogP contribution in [0.25, 0.3) is 0 Å². The molecule has 0 radical (unpaired) electrons. The minimum atomic E-state index is -0.491. The van der Waals surface area contributed by atoms with Crippen LogP contribution in [0.15, 0.2) is 30.5 Å². The molecule has 0 aliphatic carbocycles. The van der Waals surface area contributed by atoms with Gasteiger partial charge in [-0.1, -0.05) is 35.3 Å². The van der Waals surface area contributed by atoms with Gasteiger partial charge in [-0.05, 0) is 45.4 Å². The Morgan fingerprint density at radius 1 is 1.11 bits per heavy atom. The number of rotatable bonds is 5. The fourth-order valence-corrected chi connectivity index (χ4v) is 3.06. The number of aryl methyl sites for hydroxylation is 2. The van der Waals surface area contributed by atoms with Crippen molar-refractivity contribution in [2.24, 2.45) is 0 Å². The average molecular weight is 406 g/mol. The Hall–Kier alpha value is -2.31. The van der Waals surface area contributed by atoms with Crippen LogP contribution in [0.2, 0.25) is 10.0 Å². The summed E-state index contributed by atoms with van der Waals surface area (Å²) in [5.41, 5.74) is 4.14. The highest BCUT2D eigenvalue weighted by atomic mass is 35.5. The Balaban J connectivity index is 1.77. The van der Waals surface area contributed by atoms with Gasteiger partial charge in [0.25, 0.3) is 0 Å². The van der Waals surface area contributed by atoms with Crippen molar-refractivity contribution in [3.63, 3.8) is 0 Å². The molecule has 0 fully saturated rings. The lowest BCUT2D eigenvalue weighted by atomic mass is 10.2. The van der Waals surface area contributed by atoms with E-state index >= 15 is 0 Å². The van der Waals surface area contributed by atoms with Crippen molar-refractivity contribution in [2.75, 3.05) is 5.32 Å². The Bertz CT molecular complexity index is 955. The second-order valence-corrected chi connectivity index (χ2v) is 7.38. The van der Waals surface area contributed by atoms with Crippen LogP contribution in [0, 0.1) is 20.8 Å². The van der Waals surface area contributed by atoms with Crippen molar-refractivity contribution >= 4 is 34.8 Å². The number of benzene rings is 1. The first-order valence-corrected chi connectivity index (χ1v) is 9.32. The van der Waals surface area contributed by atoms with Gasteiger partial charge in [0.15, 0.2) is 0 Å². The molecular weight excluding hydrogens is 385 g/mol. The SMILES string of the molecule is Cc1nn(C(C)C(=O)Nc2c(C)nn(Cc3ccc(Cl)cc3)c2C)cc1Cl. The largest absolute Gasteiger partial charge is 0.321 e. The summed E-state index contributed by atoms with van der Waals surface area (Å²) < 4.78 is 3.43. The molecule has 6 nitrogen and oxygen atoms in total. The smallest absolute Gasteiger partial charge is 0.249 e. The third-order valence-corrected chi connectivity index (χ3v) is 5.13. The summed E-state index contributed by atoms with van der Waals surface area (Å²) in [6.45, 7) is 7.99. The van der Waals surface area contributed by atoms with Crippen LogP contribution in [0.4, 0.5) is 5.69 Å². The molecule has 27 heavy (non-hydrogen) atoms. The van der Waals surface area contributed by atoms with Gasteiger partial charge in [-0.2, -0.15) is 10.2 Å². The zero-order chi connectivity index (χ0) is 19.7. The van der Waals surface area contributed by atoms with Gasteiger partial charge in [-0.25, -0.2) is 0 Å². The maximum Gasteiger partial charge on any atom is 0.249 e. The Morgan fingerprint density at radius 2 is 1.78 bits per heavy atom. The van der Waals surface area contributed by atoms with Crippen LogP contribution in [-0.4, -0.2) is 25.5 Å². The van der Waals surface area contributed by atoms with Crippen LogP contribution in [0.3, 0.4) is 0 Å². The van der Waals surface area contributed by atoms with Crippen LogP contribution >= 0.6 is 23.2 Å². The maximum absolute atomic E-state index is 12.7. The minimum Gasteiger partial charge on any atom is -0.321 e. The molecule has 8 heteroatoms. The van der Waals surface area contributed by atoms with Gasteiger partial charge in [0.2, 0.25) is 5.91 Å². The summed E-state index contributed by atoms with van der Waals surface area (Å²) in [5, 5.41) is 13.0. The number of anilines is 1. The topological polar surface area (TPSA) is 64.7 Å². The van der Waals surface area contributed by atoms with Gasteiger partial charge >= 0.3 is 0 Å². The Labute approximate surface area is 168 Å². The van der Waals surface area contributed by atoms with Gasteiger partial charge in [-0.15, -0.1) is 0 Å². The molecule has 0 saturated heterocycles. The Morgan fingerprint density at radius 3 is 2.37 bits per heavy atom. The van der Waals surface area contributed by atoms with Crippen molar-refractivity contribution < 1.29 is 4.79 Å². The second kappa shape index (κ2) is 7.74. The summed E-state index contributed by atoms with van der Waals surface area (Å²) in [7, 11) is 0. The lowest BCUT2D eigenvalue weighted by Crippen LogP contribution is -2.24. The minimum absolute atomic E-state index is 0.175. The number of halogens is 2. The van der Waals surface area contributed by atoms with Crippen molar-refractivity contribution in [1.82, 2.24) is 19.6 Å². The molecule has 1 amide bonds. The van der Waals surface area contributed by atoms with Crippen LogP contribution in [0.1, 0.15) is 35.6 Å². The van der Waals surface area contributed by atoms with Crippen LogP contribution < -0.4 is 5.32 Å². The first-order chi connectivity index (χ1) is 12.8. The predicted molar refractivity (Wildman–Crippen MR) is 108 cm³/mol. The fraction of sp³-hybridized carbons (Fsp3) is 0.316. The highest BCUT2D eigenvalue weighted by molar-refractivity contribution is 6.31. The van der Waals surface area contributed by atoms with Crippen LogP contribution in [0.5, 0.6) is 0 Å². The van der Waals surface area contributed by atoms with Gasteiger partial charge in [-0.3, -0.25) is 14.2 Å². The molecule has 1 unspecified atom stereocenters. The average Bonchev–Trinajstić information content (AvgIpc) is 3.10. The molecule has 1 aromatic carbocycles. The van der Waals surface area contributed by atoms with Crippen LogP contribution in [-0.2, 0) is 11.3 Å². The normalized spacial score (nSPS) is 12.2. The lowest BCUT2D eigenvalue weighted by Gasteiger charge is -2.13. The summed E-state index contributed by atoms with van der Waals surface area (Å²) >= 11 is 12.0. The highest BCUT2D eigenvalue weighted by Crippen LogP contribution is 2.23. The molecule has 2 aromatic heterocycles. The predicted octanol–water partition coefficient (Wildman–Crippen LogP) is 4.56. The van der Waals surface area contributed by atoms with Crippen molar-refractivity contribution in [1.29, 1.82) is 0 Å². The van der Waals surface area contributed by atoms with E-state index in [1.807, 2.05) is 42.8 Å². The van der Waals surface area contributed by atoms with E-state index in [2.05, 4.69) is 15.5 Å². The molecular formula is C19H21Cl2N5O. The number of carbonyl (C=O) groups is 1. The van der Waals surface area contributed by atoms with E-state index < -0.39 is 6.04 Å². The third-order valence-electron chi connectivity index (χ3n) is 4.51. The number of hydrogen-bond acceptors (Lipinski definition) is 3. The number of nitrogens with zero attached hydrogens (tertiary/aromatic N) is 4. The molecule has 0 bridgehead atoms. The molecule has 2 heterocycles. The summed E-state index contributed by atoms with van der Waals surface area (Å²) in [5.74, 6) is -0.175. The molecule has 0 aliphatic rings. The zero-order valence-corrected chi connectivity index (χ0v) is 17.1. The van der Waals surface area contributed by atoms with E-state index in [1.54, 1.807) is 24.7 Å². The molecule has 0 saturated carbocycles. The number of hydrogen-bond donors (Lipinski definition) is 1. The number of nitrogens with one attached hydrogen (secondary N) is 1. The van der Waals surface area contributed by atoms with Gasteiger partial charge in [0.1, 0.15) is 6.04 Å². The number of amides is 1. The first kappa shape index (κ1) is 19.5. The molecule has 0 spiro atoms. The fourth-order valence-electron chi connectivity index (χ4n) is 2.80. The van der Waals surface area contributed by atoms with E-state index in [-0.39, 0.29) is 5.91 Å². The van der Waals surface area contributed by atoms with E-state index in [0.29, 0.717) is 22.3 Å². The molecule has 3 rings (SSSR count). The molecule has 1 N–H and O–H groups in total. The van der Waals surface area contributed by atoms with Crippen molar-refractivity contribution in [3.8, 4) is 0 Å². The van der Waals surface area contributed by atoms with E-state index in [0.717, 1.165) is 22.6 Å². The summed E-state index contributed by atoms with van der Waals surface area (Å²) in [6.07, 6.45) is 1.66. The number of carbonyl (C=O) groups excluding carboxylic acids is 1. The summed E-state index contributed by atoms with van der Waals surface area (Å²) in [4.78, 5) is 12.7. The molecule has 1 atom stereocenters. The number of aromatic nitrogens is 4.